The Bertz CT molecular complexity index is 128. The van der Waals surface area contributed by atoms with Crippen LogP contribution in [0.15, 0.2) is 0 Å². The van der Waals surface area contributed by atoms with Gasteiger partial charge in [-0.25, -0.2) is 0 Å². The van der Waals surface area contributed by atoms with E-state index in [1.54, 1.807) is 0 Å². The van der Waals surface area contributed by atoms with Crippen molar-refractivity contribution in [2.75, 3.05) is 5.50 Å². The van der Waals surface area contributed by atoms with E-state index in [0.717, 1.165) is 5.50 Å². The molecular weight excluding hydrogens is 223 g/mol. The fraction of sp³-hybridized carbons (Fsp3) is 1.00. The first kappa shape index (κ1) is 13.0. The molecule has 0 bridgehead atoms. The molecule has 1 unspecified atom stereocenters. The summed E-state index contributed by atoms with van der Waals surface area (Å²) >= 11 is 12.2. The van der Waals surface area contributed by atoms with E-state index in [4.69, 9.17) is 22.7 Å². The van der Waals surface area contributed by atoms with Crippen molar-refractivity contribution in [2.24, 2.45) is 0 Å². The van der Waals surface area contributed by atoms with Gasteiger partial charge in [-0.2, -0.15) is 11.1 Å². The average molecular weight is 243 g/mol. The number of halogens is 2. The highest BCUT2D eigenvalue weighted by Gasteiger charge is 2.27. The first-order chi connectivity index (χ1) is 5.33. The molecule has 0 heterocycles. The molecule has 0 radical (unpaired) electrons. The van der Waals surface area contributed by atoms with Crippen molar-refractivity contribution in [1.29, 1.82) is 0 Å². The van der Waals surface area contributed by atoms with Crippen LogP contribution in [0.4, 0.5) is 0 Å². The Kier molecular flexibility index (Phi) is 5.46. The van der Waals surface area contributed by atoms with Gasteiger partial charge in [-0.05, 0) is 6.04 Å². The van der Waals surface area contributed by atoms with Crippen molar-refractivity contribution in [2.45, 2.75) is 44.7 Å². The van der Waals surface area contributed by atoms with Crippen LogP contribution in [0.2, 0.25) is 37.8 Å². The van der Waals surface area contributed by atoms with E-state index in [1.807, 2.05) is 0 Å². The van der Waals surface area contributed by atoms with Crippen LogP contribution in [-0.4, -0.2) is 21.0 Å². The monoisotopic (exact) mass is 242 g/mol. The van der Waals surface area contributed by atoms with Crippen molar-refractivity contribution < 1.29 is 0 Å². The zero-order chi connectivity index (χ0) is 9.83. The van der Waals surface area contributed by atoms with Gasteiger partial charge in [0.05, 0.1) is 8.07 Å². The summed E-state index contributed by atoms with van der Waals surface area (Å²) in [5.74, 6) is 0. The van der Waals surface area contributed by atoms with Gasteiger partial charge >= 0.3 is 0 Å². The lowest BCUT2D eigenvalue weighted by molar-refractivity contribution is 1.22. The number of alkyl halides is 1. The molecule has 0 aromatic carbocycles. The zero-order valence-electron chi connectivity index (χ0n) is 8.58. The lowest BCUT2D eigenvalue weighted by Gasteiger charge is -2.25. The van der Waals surface area contributed by atoms with Gasteiger partial charge < -0.3 is 0 Å². The number of rotatable bonds is 5. The smallest absolute Gasteiger partial charge is 0.150 e. The van der Waals surface area contributed by atoms with Crippen LogP contribution in [0.25, 0.3) is 0 Å². The fourth-order valence-corrected chi connectivity index (χ4v) is 8.22. The molecular formula is C8H20Cl2Si2. The molecule has 0 aliphatic rings. The van der Waals surface area contributed by atoms with E-state index < -0.39 is 15.5 Å². The van der Waals surface area contributed by atoms with E-state index >= 15 is 0 Å². The Balaban J connectivity index is 3.89. The van der Waals surface area contributed by atoms with Crippen molar-refractivity contribution in [1.82, 2.24) is 0 Å². The average Bonchev–Trinajstić information content (AvgIpc) is 1.99. The summed E-state index contributed by atoms with van der Waals surface area (Å²) in [6, 6.07) is 3.84. The highest BCUT2D eigenvalue weighted by Crippen LogP contribution is 2.25. The summed E-state index contributed by atoms with van der Waals surface area (Å²) in [4.78, 5) is 0. The third-order valence-electron chi connectivity index (χ3n) is 2.50. The maximum Gasteiger partial charge on any atom is 0.150 e. The van der Waals surface area contributed by atoms with Gasteiger partial charge in [0.1, 0.15) is 7.38 Å². The molecule has 4 heteroatoms. The van der Waals surface area contributed by atoms with Crippen molar-refractivity contribution in [3.05, 3.63) is 0 Å². The molecule has 0 amide bonds. The molecule has 74 valence electrons. The molecule has 0 saturated carbocycles. The summed E-state index contributed by atoms with van der Waals surface area (Å²) in [6.07, 6.45) is 0. The first-order valence-corrected chi connectivity index (χ1v) is 12.5. The second kappa shape index (κ2) is 5.03. The fourth-order valence-electron chi connectivity index (χ4n) is 0.937. The van der Waals surface area contributed by atoms with Crippen molar-refractivity contribution >= 4 is 38.1 Å². The lowest BCUT2D eigenvalue weighted by Crippen LogP contribution is -2.34. The minimum atomic E-state index is -1.35. The Labute approximate surface area is 88.4 Å². The summed E-state index contributed by atoms with van der Waals surface area (Å²) in [5.41, 5.74) is 0.894. The third-order valence-corrected chi connectivity index (χ3v) is 10.8. The van der Waals surface area contributed by atoms with Gasteiger partial charge in [-0.1, -0.05) is 38.7 Å². The van der Waals surface area contributed by atoms with Crippen LogP contribution in [0.5, 0.6) is 0 Å². The molecule has 0 N–H and O–H groups in total. The van der Waals surface area contributed by atoms with E-state index in [9.17, 15) is 0 Å². The van der Waals surface area contributed by atoms with Crippen LogP contribution in [-0.2, 0) is 0 Å². The van der Waals surface area contributed by atoms with E-state index in [-0.39, 0.29) is 0 Å². The van der Waals surface area contributed by atoms with Gasteiger partial charge in [-0.15, -0.1) is 11.6 Å². The lowest BCUT2D eigenvalue weighted by atomic mass is 10.9. The number of hydrogen-bond acceptors (Lipinski definition) is 0. The Morgan fingerprint density at radius 1 is 1.08 bits per heavy atom. The summed E-state index contributed by atoms with van der Waals surface area (Å²) in [6.45, 7) is 9.08. The molecule has 0 fully saturated rings. The largest absolute Gasteiger partial charge is 0.168 e. The summed E-state index contributed by atoms with van der Waals surface area (Å²) < 4.78 is 0. The minimum absolute atomic E-state index is 0.894. The maximum atomic E-state index is 6.27. The summed E-state index contributed by atoms with van der Waals surface area (Å²) in [7, 11) is -2.44. The molecule has 0 aromatic heterocycles. The molecule has 12 heavy (non-hydrogen) atoms. The molecule has 0 aliphatic carbocycles. The standard InChI is InChI=1S/C8H20Cl2Si2/c1-5-12(4,8-9)7-6-11(2,3)10/h5-8H2,1-4H3. The van der Waals surface area contributed by atoms with Gasteiger partial charge in [0.2, 0.25) is 0 Å². The normalized spacial score (nSPS) is 17.5. The van der Waals surface area contributed by atoms with E-state index in [2.05, 4.69) is 26.6 Å². The minimum Gasteiger partial charge on any atom is -0.168 e. The van der Waals surface area contributed by atoms with Gasteiger partial charge in [0.15, 0.2) is 0 Å². The molecule has 0 aliphatic heterocycles. The van der Waals surface area contributed by atoms with Gasteiger partial charge in [0.25, 0.3) is 0 Å². The van der Waals surface area contributed by atoms with Gasteiger partial charge in [0, 0.05) is 5.50 Å². The predicted molar refractivity (Wildman–Crippen MR) is 65.8 cm³/mol. The predicted octanol–water partition coefficient (Wildman–Crippen LogP) is 4.31. The van der Waals surface area contributed by atoms with Crippen molar-refractivity contribution in [3.8, 4) is 0 Å². The highest BCUT2D eigenvalue weighted by atomic mass is 35.6. The van der Waals surface area contributed by atoms with Gasteiger partial charge in [-0.3, -0.25) is 0 Å². The molecule has 0 spiro atoms. The Morgan fingerprint density at radius 2 is 1.58 bits per heavy atom. The first-order valence-electron chi connectivity index (χ1n) is 4.58. The van der Waals surface area contributed by atoms with E-state index in [1.165, 1.54) is 18.1 Å². The van der Waals surface area contributed by atoms with Crippen LogP contribution in [0, 0.1) is 0 Å². The molecule has 1 atom stereocenters. The third kappa shape index (κ3) is 5.62. The second-order valence-electron chi connectivity index (χ2n) is 4.52. The zero-order valence-corrected chi connectivity index (χ0v) is 12.1. The topological polar surface area (TPSA) is 0 Å². The van der Waals surface area contributed by atoms with Crippen LogP contribution in [0.1, 0.15) is 6.92 Å². The molecule has 0 saturated heterocycles. The quantitative estimate of drug-likeness (QED) is 0.383. The second-order valence-corrected chi connectivity index (χ2v) is 17.4. The molecule has 0 aromatic rings. The van der Waals surface area contributed by atoms with Crippen molar-refractivity contribution in [3.63, 3.8) is 0 Å². The maximum absolute atomic E-state index is 6.27. The Morgan fingerprint density at radius 3 is 1.83 bits per heavy atom. The molecule has 0 nitrogen and oxygen atoms in total. The Hall–Kier alpha value is 1.01. The van der Waals surface area contributed by atoms with Crippen LogP contribution >= 0.6 is 22.7 Å². The van der Waals surface area contributed by atoms with Crippen LogP contribution < -0.4 is 0 Å². The van der Waals surface area contributed by atoms with Crippen LogP contribution in [0.3, 0.4) is 0 Å². The molecule has 0 rings (SSSR count). The SMILES string of the molecule is CC[Si](C)(CCl)CC[Si](C)(C)Cl. The highest BCUT2D eigenvalue weighted by molar-refractivity contribution is 7.19. The van der Waals surface area contributed by atoms with E-state index in [0.29, 0.717) is 0 Å². The summed E-state index contributed by atoms with van der Waals surface area (Å²) in [5, 5.41) is 0. The number of hydrogen-bond donors (Lipinski definition) is 0.